The molecule has 2 aromatic rings. The van der Waals surface area contributed by atoms with Crippen LogP contribution < -0.4 is 10.1 Å². The van der Waals surface area contributed by atoms with E-state index in [0.717, 1.165) is 23.4 Å². The molecule has 0 aliphatic heterocycles. The first kappa shape index (κ1) is 14.3. The average Bonchev–Trinajstić information content (AvgIpc) is 2.47. The Labute approximate surface area is 120 Å². The lowest BCUT2D eigenvalue weighted by atomic mass is 10.0. The van der Waals surface area contributed by atoms with Crippen LogP contribution in [0.15, 0.2) is 42.5 Å². The molecule has 106 valence electrons. The van der Waals surface area contributed by atoms with E-state index in [9.17, 15) is 5.11 Å². The zero-order chi connectivity index (χ0) is 14.5. The van der Waals surface area contributed by atoms with Crippen LogP contribution in [0.5, 0.6) is 11.5 Å². The van der Waals surface area contributed by atoms with Crippen molar-refractivity contribution in [3.63, 3.8) is 0 Å². The minimum absolute atomic E-state index is 0.187. The maximum atomic E-state index is 9.37. The van der Waals surface area contributed by atoms with Crippen LogP contribution in [-0.4, -0.2) is 12.2 Å². The Morgan fingerprint density at radius 3 is 2.45 bits per heavy atom. The van der Waals surface area contributed by atoms with Crippen LogP contribution in [0.3, 0.4) is 0 Å². The van der Waals surface area contributed by atoms with Crippen molar-refractivity contribution in [2.45, 2.75) is 26.3 Å². The van der Waals surface area contributed by atoms with Crippen molar-refractivity contribution in [2.75, 3.05) is 12.4 Å². The maximum absolute atomic E-state index is 9.37. The monoisotopic (exact) mass is 271 g/mol. The Bertz CT molecular complexity index is 564. The van der Waals surface area contributed by atoms with Crippen molar-refractivity contribution < 1.29 is 9.84 Å². The summed E-state index contributed by atoms with van der Waals surface area (Å²) in [6, 6.07) is 13.6. The summed E-state index contributed by atoms with van der Waals surface area (Å²) in [5, 5.41) is 12.9. The second-order valence-corrected chi connectivity index (χ2v) is 4.90. The van der Waals surface area contributed by atoms with E-state index >= 15 is 0 Å². The molecule has 0 fully saturated rings. The summed E-state index contributed by atoms with van der Waals surface area (Å²) in [6.45, 7) is 4.18. The molecule has 0 aromatic heterocycles. The third-order valence-corrected chi connectivity index (χ3v) is 3.39. The lowest BCUT2D eigenvalue weighted by molar-refractivity contribution is 0.415. The third-order valence-electron chi connectivity index (χ3n) is 3.39. The van der Waals surface area contributed by atoms with Crippen LogP contribution in [0.2, 0.25) is 0 Å². The SMILES string of the molecule is CCC(Nc1ccc(C)cc1OC)c1ccc(O)cc1. The number of phenolic OH excluding ortho intramolecular Hbond substituents is 1. The molecule has 0 bridgehead atoms. The zero-order valence-corrected chi connectivity index (χ0v) is 12.2. The molecule has 0 radical (unpaired) electrons. The maximum Gasteiger partial charge on any atom is 0.142 e. The highest BCUT2D eigenvalue weighted by Crippen LogP contribution is 2.30. The molecule has 3 nitrogen and oxygen atoms in total. The van der Waals surface area contributed by atoms with E-state index in [1.54, 1.807) is 19.2 Å². The molecule has 0 amide bonds. The fourth-order valence-corrected chi connectivity index (χ4v) is 2.23. The fraction of sp³-hybridized carbons (Fsp3) is 0.294. The summed E-state index contributed by atoms with van der Waals surface area (Å²) in [6.07, 6.45) is 0.946. The fourth-order valence-electron chi connectivity index (χ4n) is 2.23. The lowest BCUT2D eigenvalue weighted by Crippen LogP contribution is -2.10. The Balaban J connectivity index is 2.24. The van der Waals surface area contributed by atoms with Crippen molar-refractivity contribution in [3.05, 3.63) is 53.6 Å². The van der Waals surface area contributed by atoms with Gasteiger partial charge in [0, 0.05) is 0 Å². The second-order valence-electron chi connectivity index (χ2n) is 4.90. The molecule has 2 aromatic carbocycles. The first-order valence-corrected chi connectivity index (χ1v) is 6.84. The molecular weight excluding hydrogens is 250 g/mol. The third kappa shape index (κ3) is 3.23. The van der Waals surface area contributed by atoms with E-state index < -0.39 is 0 Å². The van der Waals surface area contributed by atoms with Gasteiger partial charge in [0.05, 0.1) is 18.8 Å². The van der Waals surface area contributed by atoms with Crippen LogP contribution in [-0.2, 0) is 0 Å². The molecule has 0 spiro atoms. The summed E-state index contributed by atoms with van der Waals surface area (Å²) >= 11 is 0. The van der Waals surface area contributed by atoms with Crippen molar-refractivity contribution in [3.8, 4) is 11.5 Å². The number of nitrogens with one attached hydrogen (secondary N) is 1. The largest absolute Gasteiger partial charge is 0.508 e. The molecule has 0 saturated carbocycles. The number of hydrogen-bond donors (Lipinski definition) is 2. The van der Waals surface area contributed by atoms with Gasteiger partial charge in [0.15, 0.2) is 0 Å². The second kappa shape index (κ2) is 6.33. The molecule has 2 N–H and O–H groups in total. The Kier molecular flexibility index (Phi) is 4.51. The number of phenols is 1. The van der Waals surface area contributed by atoms with Gasteiger partial charge in [-0.25, -0.2) is 0 Å². The van der Waals surface area contributed by atoms with Crippen molar-refractivity contribution in [1.82, 2.24) is 0 Å². The number of ether oxygens (including phenoxy) is 1. The Morgan fingerprint density at radius 1 is 1.15 bits per heavy atom. The molecule has 0 aliphatic carbocycles. The highest BCUT2D eigenvalue weighted by molar-refractivity contribution is 5.58. The summed E-state index contributed by atoms with van der Waals surface area (Å²) in [5.74, 6) is 1.14. The van der Waals surface area contributed by atoms with Gasteiger partial charge in [-0.3, -0.25) is 0 Å². The number of aryl methyl sites for hydroxylation is 1. The molecule has 2 rings (SSSR count). The van der Waals surface area contributed by atoms with E-state index in [1.807, 2.05) is 31.2 Å². The molecule has 0 aliphatic rings. The van der Waals surface area contributed by atoms with Crippen LogP contribution in [0.4, 0.5) is 5.69 Å². The smallest absolute Gasteiger partial charge is 0.142 e. The van der Waals surface area contributed by atoms with E-state index in [2.05, 4.69) is 18.3 Å². The van der Waals surface area contributed by atoms with Gasteiger partial charge < -0.3 is 15.2 Å². The molecule has 20 heavy (non-hydrogen) atoms. The van der Waals surface area contributed by atoms with Gasteiger partial charge in [-0.15, -0.1) is 0 Å². The number of aromatic hydroxyl groups is 1. The molecule has 1 unspecified atom stereocenters. The molecule has 3 heteroatoms. The van der Waals surface area contributed by atoms with Crippen LogP contribution in [0.25, 0.3) is 0 Å². The number of anilines is 1. The van der Waals surface area contributed by atoms with E-state index in [-0.39, 0.29) is 11.8 Å². The van der Waals surface area contributed by atoms with Crippen molar-refractivity contribution in [1.29, 1.82) is 0 Å². The summed E-state index contributed by atoms with van der Waals surface area (Å²) < 4.78 is 5.42. The minimum Gasteiger partial charge on any atom is -0.508 e. The number of benzene rings is 2. The lowest BCUT2D eigenvalue weighted by Gasteiger charge is -2.21. The first-order chi connectivity index (χ1) is 9.63. The predicted molar refractivity (Wildman–Crippen MR) is 82.5 cm³/mol. The van der Waals surface area contributed by atoms with Gasteiger partial charge in [-0.05, 0) is 48.7 Å². The summed E-state index contributed by atoms with van der Waals surface area (Å²) in [4.78, 5) is 0. The van der Waals surface area contributed by atoms with Crippen molar-refractivity contribution in [2.24, 2.45) is 0 Å². The minimum atomic E-state index is 0.187. The average molecular weight is 271 g/mol. The summed E-state index contributed by atoms with van der Waals surface area (Å²) in [7, 11) is 1.68. The van der Waals surface area contributed by atoms with E-state index in [0.29, 0.717) is 0 Å². The normalized spacial score (nSPS) is 11.9. The highest BCUT2D eigenvalue weighted by Gasteiger charge is 2.12. The van der Waals surface area contributed by atoms with Gasteiger partial charge >= 0.3 is 0 Å². The molecule has 1 atom stereocenters. The van der Waals surface area contributed by atoms with E-state index in [4.69, 9.17) is 4.74 Å². The number of rotatable bonds is 5. The zero-order valence-electron chi connectivity index (χ0n) is 12.2. The Morgan fingerprint density at radius 2 is 1.85 bits per heavy atom. The Hall–Kier alpha value is -2.16. The standard InChI is InChI=1S/C17H21NO2/c1-4-15(13-6-8-14(19)9-7-13)18-16-10-5-12(2)11-17(16)20-3/h5-11,15,18-19H,4H2,1-3H3. The molecule has 0 heterocycles. The van der Waals surface area contributed by atoms with Gasteiger partial charge in [-0.2, -0.15) is 0 Å². The quantitative estimate of drug-likeness (QED) is 0.853. The van der Waals surface area contributed by atoms with Crippen LogP contribution in [0, 0.1) is 6.92 Å². The number of methoxy groups -OCH3 is 1. The van der Waals surface area contributed by atoms with Gasteiger partial charge in [0.25, 0.3) is 0 Å². The predicted octanol–water partition coefficient (Wildman–Crippen LogP) is 4.27. The topological polar surface area (TPSA) is 41.5 Å². The van der Waals surface area contributed by atoms with E-state index in [1.165, 1.54) is 5.56 Å². The molecular formula is C17H21NO2. The van der Waals surface area contributed by atoms with Gasteiger partial charge in [0.1, 0.15) is 11.5 Å². The first-order valence-electron chi connectivity index (χ1n) is 6.84. The van der Waals surface area contributed by atoms with Gasteiger partial charge in [-0.1, -0.05) is 25.1 Å². The highest BCUT2D eigenvalue weighted by atomic mass is 16.5. The van der Waals surface area contributed by atoms with Crippen LogP contribution >= 0.6 is 0 Å². The van der Waals surface area contributed by atoms with Gasteiger partial charge in [0.2, 0.25) is 0 Å². The molecule has 0 saturated heterocycles. The summed E-state index contributed by atoms with van der Waals surface area (Å²) in [5.41, 5.74) is 3.30. The van der Waals surface area contributed by atoms with Crippen LogP contribution in [0.1, 0.15) is 30.5 Å². The number of hydrogen-bond acceptors (Lipinski definition) is 3. The van der Waals surface area contributed by atoms with Crippen molar-refractivity contribution >= 4 is 5.69 Å².